The number of nitrogens with one attached hydrogen (secondary N) is 2. The van der Waals surface area contributed by atoms with Crippen LogP contribution in [-0.4, -0.2) is 23.5 Å². The molecule has 0 saturated heterocycles. The van der Waals surface area contributed by atoms with Crippen molar-refractivity contribution in [2.24, 2.45) is 0 Å². The molecule has 0 unspecified atom stereocenters. The number of carbonyl (C=O) groups is 1. The van der Waals surface area contributed by atoms with Gasteiger partial charge in [0.25, 0.3) is 5.91 Å². The zero-order chi connectivity index (χ0) is 16.9. The van der Waals surface area contributed by atoms with Gasteiger partial charge < -0.3 is 15.4 Å². The molecule has 0 atom stereocenters. The zero-order valence-corrected chi connectivity index (χ0v) is 14.0. The van der Waals surface area contributed by atoms with Crippen LogP contribution in [0.25, 0.3) is 0 Å². The Morgan fingerprint density at radius 1 is 1.17 bits per heavy atom. The molecule has 1 aromatic carbocycles. The number of hydrogen-bond donors (Lipinski definition) is 2. The van der Waals surface area contributed by atoms with Gasteiger partial charge in [0.2, 0.25) is 0 Å². The van der Waals surface area contributed by atoms with Crippen LogP contribution in [0.3, 0.4) is 0 Å². The summed E-state index contributed by atoms with van der Waals surface area (Å²) < 4.78 is 5.14. The Morgan fingerprint density at radius 2 is 1.87 bits per heavy atom. The van der Waals surface area contributed by atoms with E-state index in [0.717, 1.165) is 17.0 Å². The Labute approximate surface area is 137 Å². The number of rotatable bonds is 5. The van der Waals surface area contributed by atoms with E-state index in [-0.39, 0.29) is 11.4 Å². The Bertz CT molecular complexity index is 661. The number of anilines is 1. The van der Waals surface area contributed by atoms with E-state index in [2.05, 4.69) is 15.6 Å². The first kappa shape index (κ1) is 16.8. The number of pyridine rings is 1. The normalized spacial score (nSPS) is 11.0. The number of carbonyl (C=O) groups excluding carboxylic acids is 1. The van der Waals surface area contributed by atoms with Gasteiger partial charge in [0.05, 0.1) is 7.11 Å². The molecule has 0 fully saturated rings. The Hall–Kier alpha value is -2.56. The van der Waals surface area contributed by atoms with E-state index in [0.29, 0.717) is 12.2 Å². The topological polar surface area (TPSA) is 63.2 Å². The number of methoxy groups -OCH3 is 1. The molecule has 0 spiro atoms. The standard InChI is InChI=1S/C18H23N3O2/c1-18(2,3)21-17(22)16-11-14(9-10-19-16)20-12-13-5-7-15(23-4)8-6-13/h5-11H,12H2,1-4H3,(H,19,20)(H,21,22). The van der Waals surface area contributed by atoms with Gasteiger partial charge in [-0.3, -0.25) is 9.78 Å². The molecule has 0 aliphatic carbocycles. The quantitative estimate of drug-likeness (QED) is 0.889. The van der Waals surface area contributed by atoms with Crippen LogP contribution >= 0.6 is 0 Å². The molecular formula is C18H23N3O2. The van der Waals surface area contributed by atoms with E-state index in [9.17, 15) is 4.79 Å². The van der Waals surface area contributed by atoms with E-state index in [1.165, 1.54) is 0 Å². The number of nitrogens with zero attached hydrogens (tertiary/aromatic N) is 1. The number of aromatic nitrogens is 1. The number of benzene rings is 1. The van der Waals surface area contributed by atoms with Crippen molar-refractivity contribution >= 4 is 11.6 Å². The largest absolute Gasteiger partial charge is 0.497 e. The fraction of sp³-hybridized carbons (Fsp3) is 0.333. The van der Waals surface area contributed by atoms with Gasteiger partial charge in [-0.05, 0) is 50.6 Å². The molecule has 5 heteroatoms. The molecule has 0 radical (unpaired) electrons. The molecule has 0 saturated carbocycles. The maximum atomic E-state index is 12.1. The second kappa shape index (κ2) is 7.13. The molecule has 0 aliphatic heterocycles. The van der Waals surface area contributed by atoms with Crippen molar-refractivity contribution in [3.05, 3.63) is 53.9 Å². The summed E-state index contributed by atoms with van der Waals surface area (Å²) in [5.41, 5.74) is 2.10. The monoisotopic (exact) mass is 313 g/mol. The Balaban J connectivity index is 2.00. The van der Waals surface area contributed by atoms with Crippen LogP contribution < -0.4 is 15.4 Å². The van der Waals surface area contributed by atoms with Gasteiger partial charge >= 0.3 is 0 Å². The van der Waals surface area contributed by atoms with E-state index in [4.69, 9.17) is 4.74 Å². The molecule has 0 aliphatic rings. The van der Waals surface area contributed by atoms with Crippen molar-refractivity contribution in [2.45, 2.75) is 32.9 Å². The van der Waals surface area contributed by atoms with E-state index in [1.54, 1.807) is 19.4 Å². The van der Waals surface area contributed by atoms with Gasteiger partial charge in [0, 0.05) is 24.0 Å². The molecule has 2 rings (SSSR count). The molecule has 122 valence electrons. The number of amides is 1. The zero-order valence-electron chi connectivity index (χ0n) is 14.0. The van der Waals surface area contributed by atoms with E-state index < -0.39 is 0 Å². The van der Waals surface area contributed by atoms with E-state index >= 15 is 0 Å². The molecule has 1 amide bonds. The minimum Gasteiger partial charge on any atom is -0.497 e. The molecule has 0 bridgehead atoms. The average molecular weight is 313 g/mol. The summed E-state index contributed by atoms with van der Waals surface area (Å²) in [4.78, 5) is 16.3. The van der Waals surface area contributed by atoms with Crippen LogP contribution in [0.5, 0.6) is 5.75 Å². The molecule has 1 heterocycles. The summed E-state index contributed by atoms with van der Waals surface area (Å²) in [6, 6.07) is 11.4. The highest BCUT2D eigenvalue weighted by molar-refractivity contribution is 5.93. The van der Waals surface area contributed by atoms with Crippen molar-refractivity contribution in [3.63, 3.8) is 0 Å². The third kappa shape index (κ3) is 5.29. The van der Waals surface area contributed by atoms with Crippen LogP contribution in [0.1, 0.15) is 36.8 Å². The average Bonchev–Trinajstić information content (AvgIpc) is 2.52. The van der Waals surface area contributed by atoms with Gasteiger partial charge in [0.1, 0.15) is 11.4 Å². The van der Waals surface area contributed by atoms with Crippen molar-refractivity contribution in [3.8, 4) is 5.75 Å². The minimum atomic E-state index is -0.286. The Morgan fingerprint density at radius 3 is 2.48 bits per heavy atom. The first-order valence-corrected chi connectivity index (χ1v) is 7.53. The lowest BCUT2D eigenvalue weighted by molar-refractivity contribution is 0.0914. The highest BCUT2D eigenvalue weighted by atomic mass is 16.5. The minimum absolute atomic E-state index is 0.175. The lowest BCUT2D eigenvalue weighted by Crippen LogP contribution is -2.40. The maximum Gasteiger partial charge on any atom is 0.270 e. The summed E-state index contributed by atoms with van der Waals surface area (Å²) in [5.74, 6) is 0.657. The molecule has 5 nitrogen and oxygen atoms in total. The van der Waals surface area contributed by atoms with E-state index in [1.807, 2.05) is 51.1 Å². The van der Waals surface area contributed by atoms with Crippen molar-refractivity contribution in [2.75, 3.05) is 12.4 Å². The summed E-state index contributed by atoms with van der Waals surface area (Å²) in [5, 5.41) is 6.20. The Kier molecular flexibility index (Phi) is 5.21. The van der Waals surface area contributed by atoms with Gasteiger partial charge in [-0.2, -0.15) is 0 Å². The highest BCUT2D eigenvalue weighted by Crippen LogP contribution is 2.14. The molecule has 1 aromatic heterocycles. The van der Waals surface area contributed by atoms with Crippen molar-refractivity contribution < 1.29 is 9.53 Å². The van der Waals surface area contributed by atoms with Crippen molar-refractivity contribution in [1.82, 2.24) is 10.3 Å². The smallest absolute Gasteiger partial charge is 0.270 e. The summed E-state index contributed by atoms with van der Waals surface area (Å²) in [7, 11) is 1.65. The number of ether oxygens (including phenoxy) is 1. The van der Waals surface area contributed by atoms with Crippen LogP contribution in [-0.2, 0) is 6.54 Å². The maximum absolute atomic E-state index is 12.1. The van der Waals surface area contributed by atoms with Crippen molar-refractivity contribution in [1.29, 1.82) is 0 Å². The van der Waals surface area contributed by atoms with Crippen LogP contribution in [0.4, 0.5) is 5.69 Å². The third-order valence-electron chi connectivity index (χ3n) is 3.14. The van der Waals surface area contributed by atoms with Gasteiger partial charge in [-0.25, -0.2) is 0 Å². The van der Waals surface area contributed by atoms with Crippen LogP contribution in [0.2, 0.25) is 0 Å². The van der Waals surface area contributed by atoms with Gasteiger partial charge in [-0.1, -0.05) is 12.1 Å². The highest BCUT2D eigenvalue weighted by Gasteiger charge is 2.16. The number of hydrogen-bond acceptors (Lipinski definition) is 4. The summed E-state index contributed by atoms with van der Waals surface area (Å²) in [6.07, 6.45) is 1.63. The first-order chi connectivity index (χ1) is 10.9. The van der Waals surface area contributed by atoms with Gasteiger partial charge in [-0.15, -0.1) is 0 Å². The molecule has 2 aromatic rings. The summed E-state index contributed by atoms with van der Waals surface area (Å²) in [6.45, 7) is 6.48. The summed E-state index contributed by atoms with van der Waals surface area (Å²) >= 11 is 0. The lowest BCUT2D eigenvalue weighted by Gasteiger charge is -2.20. The predicted molar refractivity (Wildman–Crippen MR) is 91.8 cm³/mol. The van der Waals surface area contributed by atoms with Crippen LogP contribution in [0.15, 0.2) is 42.6 Å². The predicted octanol–water partition coefficient (Wildman–Crippen LogP) is 3.23. The second-order valence-corrected chi connectivity index (χ2v) is 6.34. The molecule has 2 N–H and O–H groups in total. The van der Waals surface area contributed by atoms with Crippen LogP contribution in [0, 0.1) is 0 Å². The fourth-order valence-corrected chi connectivity index (χ4v) is 2.02. The first-order valence-electron chi connectivity index (χ1n) is 7.53. The third-order valence-corrected chi connectivity index (χ3v) is 3.14. The molecular weight excluding hydrogens is 290 g/mol. The second-order valence-electron chi connectivity index (χ2n) is 6.34. The van der Waals surface area contributed by atoms with Gasteiger partial charge in [0.15, 0.2) is 0 Å². The SMILES string of the molecule is COc1ccc(CNc2ccnc(C(=O)NC(C)(C)C)c2)cc1. The fourth-order valence-electron chi connectivity index (χ4n) is 2.02. The molecule has 23 heavy (non-hydrogen) atoms. The lowest BCUT2D eigenvalue weighted by atomic mass is 10.1.